The van der Waals surface area contributed by atoms with Crippen LogP contribution in [0.3, 0.4) is 0 Å². The van der Waals surface area contributed by atoms with Crippen molar-refractivity contribution in [3.05, 3.63) is 25.3 Å². The molecule has 19 heavy (non-hydrogen) atoms. The maximum atomic E-state index is 11.5. The van der Waals surface area contributed by atoms with E-state index >= 15 is 0 Å². The average molecular weight is 302 g/mol. The molecule has 0 spiro atoms. The smallest absolute Gasteiger partial charge is 0.375 e. The summed E-state index contributed by atoms with van der Waals surface area (Å²) in [6.45, 7) is 14.2. The number of allylic oxidation sites excluding steroid dienone is 1. The molecule has 3 nitrogen and oxygen atoms in total. The first-order valence-corrected chi connectivity index (χ1v) is 7.25. The molecule has 0 radical (unpaired) electrons. The minimum absolute atomic E-state index is 0.00637. The molecule has 0 heterocycles. The Bertz CT molecular complexity index is 332. The fourth-order valence-corrected chi connectivity index (χ4v) is 1.67. The van der Waals surface area contributed by atoms with Crippen molar-refractivity contribution in [2.45, 2.75) is 27.2 Å². The molecule has 0 aromatic carbocycles. The number of carbonyl (C=O) groups excluding carboxylic acids is 1. The highest BCUT2D eigenvalue weighted by Crippen LogP contribution is 2.17. The van der Waals surface area contributed by atoms with Gasteiger partial charge in [-0.05, 0) is 24.1 Å². The number of hydrogen-bond acceptors (Lipinski definition) is 5. The molecule has 1 atom stereocenters. The summed E-state index contributed by atoms with van der Waals surface area (Å²) < 4.78 is 10.6. The lowest BCUT2D eigenvalue weighted by atomic mass is 9.99. The largest absolute Gasteiger partial charge is 0.478 e. The van der Waals surface area contributed by atoms with Crippen LogP contribution in [0.2, 0.25) is 0 Å². The molecule has 1 unspecified atom stereocenters. The molecule has 0 N–H and O–H groups in total. The topological polar surface area (TPSA) is 35.5 Å². The molecule has 0 amide bonds. The third kappa shape index (κ3) is 10.8. The van der Waals surface area contributed by atoms with E-state index in [0.29, 0.717) is 6.61 Å². The quantitative estimate of drug-likeness (QED) is 0.407. The van der Waals surface area contributed by atoms with Gasteiger partial charge in [0.05, 0.1) is 13.2 Å². The van der Waals surface area contributed by atoms with Gasteiger partial charge in [0.1, 0.15) is 0 Å². The summed E-state index contributed by atoms with van der Waals surface area (Å²) in [6, 6.07) is 0. The van der Waals surface area contributed by atoms with Crippen LogP contribution in [0.4, 0.5) is 4.79 Å². The zero-order valence-corrected chi connectivity index (χ0v) is 13.4. The molecule has 0 aliphatic rings. The lowest BCUT2D eigenvalue weighted by Gasteiger charge is -2.18. The minimum atomic E-state index is -0.449. The van der Waals surface area contributed by atoms with Crippen molar-refractivity contribution >= 4 is 33.7 Å². The van der Waals surface area contributed by atoms with Gasteiger partial charge < -0.3 is 9.47 Å². The van der Waals surface area contributed by atoms with Gasteiger partial charge in [-0.3, -0.25) is 0 Å². The maximum Gasteiger partial charge on any atom is 0.375 e. The number of ether oxygens (including phenoxy) is 2. The highest BCUT2D eigenvalue weighted by Gasteiger charge is 2.16. The van der Waals surface area contributed by atoms with Gasteiger partial charge in [0, 0.05) is 17.7 Å². The van der Waals surface area contributed by atoms with Gasteiger partial charge >= 0.3 is 5.30 Å². The van der Waals surface area contributed by atoms with Gasteiger partial charge in [0.15, 0.2) is 0 Å². The summed E-state index contributed by atoms with van der Waals surface area (Å²) in [5.41, 5.74) is 0.00637. The van der Waals surface area contributed by atoms with Gasteiger partial charge in [-0.1, -0.05) is 32.9 Å². The number of rotatable bonds is 6. The molecule has 0 aromatic heterocycles. The predicted molar refractivity (Wildman–Crippen MR) is 85.4 cm³/mol. The molecule has 0 bridgehead atoms. The van der Waals surface area contributed by atoms with Gasteiger partial charge in [-0.25, -0.2) is 4.79 Å². The molecular formula is C14H22O3S2. The van der Waals surface area contributed by atoms with Crippen LogP contribution < -0.4 is 0 Å². The van der Waals surface area contributed by atoms with Crippen molar-refractivity contribution in [1.82, 2.24) is 0 Å². The van der Waals surface area contributed by atoms with Crippen molar-refractivity contribution in [2.75, 3.05) is 13.2 Å². The first-order chi connectivity index (χ1) is 8.78. The lowest BCUT2D eigenvalue weighted by Crippen LogP contribution is -2.17. The van der Waals surface area contributed by atoms with Gasteiger partial charge in [-0.2, -0.15) is 0 Å². The van der Waals surface area contributed by atoms with Gasteiger partial charge in [-0.15, -0.1) is 13.2 Å². The Morgan fingerprint density at radius 3 is 2.47 bits per heavy atom. The Morgan fingerprint density at radius 1 is 1.37 bits per heavy atom. The van der Waals surface area contributed by atoms with Crippen LogP contribution in [-0.2, 0) is 9.47 Å². The SMILES string of the molecule is C=CCC(C=C)COC(=O)SC(=S)OCC(C)(C)C. The first-order valence-electron chi connectivity index (χ1n) is 6.03. The Hall–Kier alpha value is -0.810. The standard InChI is InChI=1S/C14H22O3S2/c1-6-8-11(7-2)9-16-12(15)19-13(18)17-10-14(3,4)5/h6-7,11H,1-2,8-10H2,3-5H3. The summed E-state index contributed by atoms with van der Waals surface area (Å²) in [5.74, 6) is 0.0890. The van der Waals surface area contributed by atoms with Crippen molar-refractivity contribution < 1.29 is 14.3 Å². The van der Waals surface area contributed by atoms with E-state index in [9.17, 15) is 4.79 Å². The second-order valence-electron chi connectivity index (χ2n) is 5.28. The molecule has 0 saturated carbocycles. The van der Waals surface area contributed by atoms with Crippen molar-refractivity contribution in [2.24, 2.45) is 11.3 Å². The average Bonchev–Trinajstić information content (AvgIpc) is 2.31. The van der Waals surface area contributed by atoms with E-state index in [-0.39, 0.29) is 22.3 Å². The second-order valence-corrected chi connectivity index (χ2v) is 6.82. The normalized spacial score (nSPS) is 12.4. The summed E-state index contributed by atoms with van der Waals surface area (Å²) in [4.78, 5) is 11.5. The lowest BCUT2D eigenvalue weighted by molar-refractivity contribution is 0.162. The van der Waals surface area contributed by atoms with Crippen molar-refractivity contribution in [3.8, 4) is 0 Å². The third-order valence-electron chi connectivity index (χ3n) is 2.01. The van der Waals surface area contributed by atoms with Crippen LogP contribution in [0.5, 0.6) is 0 Å². The molecule has 5 heteroatoms. The van der Waals surface area contributed by atoms with Crippen LogP contribution in [-0.4, -0.2) is 22.9 Å². The number of hydrogen-bond donors (Lipinski definition) is 0. The summed E-state index contributed by atoms with van der Waals surface area (Å²) >= 11 is 5.76. The highest BCUT2D eigenvalue weighted by molar-refractivity contribution is 8.32. The van der Waals surface area contributed by atoms with E-state index in [4.69, 9.17) is 21.7 Å². The van der Waals surface area contributed by atoms with E-state index < -0.39 is 5.30 Å². The fourth-order valence-electron chi connectivity index (χ4n) is 1.02. The Balaban J connectivity index is 3.94. The minimum Gasteiger partial charge on any atom is -0.478 e. The van der Waals surface area contributed by atoms with E-state index in [2.05, 4.69) is 13.2 Å². The molecule has 0 rings (SSSR count). The number of thiocarbonyl (C=S) groups is 1. The molecule has 0 fully saturated rings. The van der Waals surface area contributed by atoms with Gasteiger partial charge in [0.2, 0.25) is 4.38 Å². The number of carbonyl (C=O) groups is 1. The Morgan fingerprint density at radius 2 is 2.00 bits per heavy atom. The van der Waals surface area contributed by atoms with Crippen LogP contribution in [0.25, 0.3) is 0 Å². The molecule has 0 saturated heterocycles. The summed E-state index contributed by atoms with van der Waals surface area (Å²) in [6.07, 6.45) is 4.24. The summed E-state index contributed by atoms with van der Waals surface area (Å²) in [7, 11) is 0. The molecule has 0 aliphatic carbocycles. The van der Waals surface area contributed by atoms with Crippen molar-refractivity contribution in [1.29, 1.82) is 0 Å². The molecule has 0 aliphatic heterocycles. The van der Waals surface area contributed by atoms with E-state index in [1.807, 2.05) is 20.8 Å². The van der Waals surface area contributed by atoms with Crippen LogP contribution in [0.1, 0.15) is 27.2 Å². The zero-order chi connectivity index (χ0) is 14.9. The highest BCUT2D eigenvalue weighted by atomic mass is 32.2. The zero-order valence-electron chi connectivity index (χ0n) is 11.8. The molecule has 108 valence electrons. The summed E-state index contributed by atoms with van der Waals surface area (Å²) in [5, 5.41) is -0.449. The first kappa shape index (κ1) is 18.2. The predicted octanol–water partition coefficient (Wildman–Crippen LogP) is 4.58. The second kappa shape index (κ2) is 9.15. The Labute approximate surface area is 125 Å². The fraction of sp³-hybridized carbons (Fsp3) is 0.571. The maximum absolute atomic E-state index is 11.5. The van der Waals surface area contributed by atoms with E-state index in [1.165, 1.54) is 0 Å². The molecular weight excluding hydrogens is 280 g/mol. The molecule has 0 aromatic rings. The number of thioether (sulfide) groups is 1. The Kier molecular flexibility index (Phi) is 8.76. The van der Waals surface area contributed by atoms with Crippen molar-refractivity contribution in [3.63, 3.8) is 0 Å². The van der Waals surface area contributed by atoms with Crippen LogP contribution in [0, 0.1) is 11.3 Å². The van der Waals surface area contributed by atoms with E-state index in [0.717, 1.165) is 18.2 Å². The van der Waals surface area contributed by atoms with Crippen LogP contribution in [0.15, 0.2) is 25.3 Å². The van der Waals surface area contributed by atoms with Gasteiger partial charge in [0.25, 0.3) is 0 Å². The van der Waals surface area contributed by atoms with E-state index in [1.54, 1.807) is 12.2 Å². The van der Waals surface area contributed by atoms with Crippen LogP contribution >= 0.6 is 24.0 Å². The third-order valence-corrected chi connectivity index (χ3v) is 2.94. The monoisotopic (exact) mass is 302 g/mol.